The van der Waals surface area contributed by atoms with Gasteiger partial charge in [-0.25, -0.2) is 8.42 Å². The Morgan fingerprint density at radius 1 is 1.03 bits per heavy atom. The molecule has 1 atom stereocenters. The first-order valence-corrected chi connectivity index (χ1v) is 14.5. The minimum Gasteiger partial charge on any atom is -0.354 e. The van der Waals surface area contributed by atoms with Crippen LogP contribution in [-0.4, -0.2) is 50.5 Å². The molecule has 0 fully saturated rings. The monoisotopic (exact) mass is 595 g/mol. The Labute approximate surface area is 232 Å². The lowest BCUT2D eigenvalue weighted by Crippen LogP contribution is -2.52. The molecule has 0 aliphatic heterocycles. The summed E-state index contributed by atoms with van der Waals surface area (Å²) < 4.78 is 26.3. The van der Waals surface area contributed by atoms with Gasteiger partial charge in [-0.3, -0.25) is 13.9 Å². The second-order valence-corrected chi connectivity index (χ2v) is 12.2. The molecule has 2 amide bonds. The van der Waals surface area contributed by atoms with Gasteiger partial charge in [0.25, 0.3) is 0 Å². The first kappa shape index (κ1) is 30.5. The predicted octanol–water partition coefficient (Wildman–Crippen LogP) is 5.65. The number of anilines is 1. The van der Waals surface area contributed by atoms with Crippen molar-refractivity contribution in [2.24, 2.45) is 5.92 Å². The summed E-state index contributed by atoms with van der Waals surface area (Å²) in [7, 11) is -3.95. The highest BCUT2D eigenvalue weighted by Gasteiger charge is 2.32. The minimum atomic E-state index is -3.95. The molecular weight excluding hydrogens is 568 g/mol. The highest BCUT2D eigenvalue weighted by atomic mass is 35.5. The third kappa shape index (κ3) is 8.15. The zero-order valence-electron chi connectivity index (χ0n) is 20.4. The van der Waals surface area contributed by atoms with Crippen LogP contribution in [0.5, 0.6) is 0 Å². The molecule has 12 heteroatoms. The van der Waals surface area contributed by atoms with Crippen LogP contribution >= 0.6 is 46.4 Å². The molecule has 0 aliphatic rings. The summed E-state index contributed by atoms with van der Waals surface area (Å²) in [5.74, 6) is -0.766. The number of hydrogen-bond donors (Lipinski definition) is 1. The van der Waals surface area contributed by atoms with E-state index in [0.29, 0.717) is 22.2 Å². The van der Waals surface area contributed by atoms with Crippen molar-refractivity contribution < 1.29 is 18.0 Å². The van der Waals surface area contributed by atoms with Crippen LogP contribution in [0.3, 0.4) is 0 Å². The molecule has 7 nitrogen and oxygen atoms in total. The minimum absolute atomic E-state index is 0.00796. The fraction of sp³-hybridized carbons (Fsp3) is 0.417. The van der Waals surface area contributed by atoms with Gasteiger partial charge in [0.2, 0.25) is 21.8 Å². The summed E-state index contributed by atoms with van der Waals surface area (Å²) >= 11 is 24.7. The van der Waals surface area contributed by atoms with E-state index in [9.17, 15) is 18.0 Å². The van der Waals surface area contributed by atoms with Crippen molar-refractivity contribution in [1.82, 2.24) is 10.2 Å². The number of rotatable bonds is 11. The molecule has 0 radical (unpaired) electrons. The SMILES string of the molecule is CC[C@H](C(=O)NCC(C)C)N(Cc1ccc(Cl)cc1Cl)C(=O)CN(c1cccc(Cl)c1Cl)S(C)(=O)=O. The molecule has 0 heterocycles. The van der Waals surface area contributed by atoms with Crippen molar-refractivity contribution in [2.75, 3.05) is 23.7 Å². The van der Waals surface area contributed by atoms with Gasteiger partial charge in [0.05, 0.1) is 22.0 Å². The van der Waals surface area contributed by atoms with Gasteiger partial charge in [-0.05, 0) is 42.2 Å². The number of halogens is 4. The zero-order chi connectivity index (χ0) is 27.2. The number of nitrogens with zero attached hydrogens (tertiary/aromatic N) is 2. The zero-order valence-corrected chi connectivity index (χ0v) is 24.2. The lowest BCUT2D eigenvalue weighted by molar-refractivity contribution is -0.140. The molecule has 1 N–H and O–H groups in total. The first-order chi connectivity index (χ1) is 16.8. The Bertz CT molecular complexity index is 1210. The van der Waals surface area contributed by atoms with Gasteiger partial charge in [-0.2, -0.15) is 0 Å². The molecule has 2 aromatic rings. The lowest BCUT2D eigenvalue weighted by atomic mass is 10.1. The normalized spacial score (nSPS) is 12.4. The van der Waals surface area contributed by atoms with Crippen LogP contribution in [0, 0.1) is 5.92 Å². The van der Waals surface area contributed by atoms with E-state index < -0.39 is 28.5 Å². The molecule has 0 unspecified atom stereocenters. The Kier molecular flexibility index (Phi) is 11.2. The van der Waals surface area contributed by atoms with Crippen LogP contribution in [0.25, 0.3) is 0 Å². The summed E-state index contributed by atoms with van der Waals surface area (Å²) in [5.41, 5.74) is 0.609. The van der Waals surface area contributed by atoms with Crippen molar-refractivity contribution in [3.63, 3.8) is 0 Å². The lowest BCUT2D eigenvalue weighted by Gasteiger charge is -2.33. The van der Waals surface area contributed by atoms with Crippen LogP contribution in [0.15, 0.2) is 36.4 Å². The van der Waals surface area contributed by atoms with E-state index in [1.54, 1.807) is 19.1 Å². The number of nitrogens with one attached hydrogen (secondary N) is 1. The third-order valence-corrected chi connectivity index (χ3v) is 7.83. The van der Waals surface area contributed by atoms with Crippen LogP contribution in [0.2, 0.25) is 20.1 Å². The summed E-state index contributed by atoms with van der Waals surface area (Å²) in [6.45, 7) is 5.46. The van der Waals surface area contributed by atoms with Crippen molar-refractivity contribution in [3.05, 3.63) is 62.1 Å². The average molecular weight is 597 g/mol. The highest BCUT2D eigenvalue weighted by Crippen LogP contribution is 2.34. The van der Waals surface area contributed by atoms with Crippen molar-refractivity contribution in [3.8, 4) is 0 Å². The van der Waals surface area contributed by atoms with E-state index in [4.69, 9.17) is 46.4 Å². The topological polar surface area (TPSA) is 86.8 Å². The molecule has 2 aromatic carbocycles. The van der Waals surface area contributed by atoms with E-state index in [2.05, 4.69) is 5.32 Å². The Morgan fingerprint density at radius 3 is 2.25 bits per heavy atom. The molecule has 0 aromatic heterocycles. The smallest absolute Gasteiger partial charge is 0.244 e. The molecular formula is C24H29Cl4N3O4S. The van der Waals surface area contributed by atoms with Crippen molar-refractivity contribution in [2.45, 2.75) is 39.8 Å². The summed E-state index contributed by atoms with van der Waals surface area (Å²) in [6, 6.07) is 8.44. The Hall–Kier alpha value is -1.71. The van der Waals surface area contributed by atoms with Crippen molar-refractivity contribution in [1.29, 1.82) is 0 Å². The van der Waals surface area contributed by atoms with Crippen LogP contribution < -0.4 is 9.62 Å². The standard InChI is InChI=1S/C24H29Cl4N3O4S/c1-5-20(24(33)29-12-15(2)3)30(13-16-9-10-17(25)11-19(16)27)22(32)14-31(36(4,34)35)21-8-6-7-18(26)23(21)28/h6-11,15,20H,5,12-14H2,1-4H3,(H,29,33)/t20-/m1/s1. The van der Waals surface area contributed by atoms with Gasteiger partial charge in [-0.15, -0.1) is 0 Å². The van der Waals surface area contributed by atoms with E-state index in [0.717, 1.165) is 10.6 Å². The highest BCUT2D eigenvalue weighted by molar-refractivity contribution is 7.92. The van der Waals surface area contributed by atoms with Gasteiger partial charge in [0.15, 0.2) is 0 Å². The summed E-state index contributed by atoms with van der Waals surface area (Å²) in [5, 5.41) is 3.72. The summed E-state index contributed by atoms with van der Waals surface area (Å²) in [6.07, 6.45) is 1.25. The molecule has 2 rings (SSSR count). The van der Waals surface area contributed by atoms with Gasteiger partial charge >= 0.3 is 0 Å². The largest absolute Gasteiger partial charge is 0.354 e. The Morgan fingerprint density at radius 2 is 1.69 bits per heavy atom. The molecule has 0 spiro atoms. The van der Waals surface area contributed by atoms with Crippen molar-refractivity contribution >= 4 is 73.9 Å². The number of hydrogen-bond acceptors (Lipinski definition) is 4. The maximum Gasteiger partial charge on any atom is 0.244 e. The second-order valence-electron chi connectivity index (χ2n) is 8.66. The molecule has 0 saturated carbocycles. The fourth-order valence-corrected chi connectivity index (χ4v) is 5.23. The molecule has 0 saturated heterocycles. The van der Waals surface area contributed by atoms with Gasteiger partial charge in [0.1, 0.15) is 12.6 Å². The van der Waals surface area contributed by atoms with E-state index in [1.807, 2.05) is 13.8 Å². The third-order valence-electron chi connectivity index (χ3n) is 5.31. The number of benzene rings is 2. The number of carbonyl (C=O) groups excluding carboxylic acids is 2. The fourth-order valence-electron chi connectivity index (χ4n) is 3.46. The van der Waals surface area contributed by atoms with Gasteiger partial charge in [0, 0.05) is 23.1 Å². The van der Waals surface area contributed by atoms with Gasteiger partial charge in [-0.1, -0.05) is 79.3 Å². The Balaban J connectivity index is 2.50. The predicted molar refractivity (Wildman–Crippen MR) is 148 cm³/mol. The van der Waals surface area contributed by atoms with Crippen LogP contribution in [0.4, 0.5) is 5.69 Å². The number of sulfonamides is 1. The van der Waals surface area contributed by atoms with E-state index in [-0.39, 0.29) is 40.5 Å². The van der Waals surface area contributed by atoms with Gasteiger partial charge < -0.3 is 10.2 Å². The quantitative estimate of drug-likeness (QED) is 0.363. The number of amides is 2. The molecule has 198 valence electrons. The number of carbonyl (C=O) groups is 2. The first-order valence-electron chi connectivity index (χ1n) is 11.2. The molecule has 0 bridgehead atoms. The van der Waals surface area contributed by atoms with Crippen LogP contribution in [0.1, 0.15) is 32.8 Å². The van der Waals surface area contributed by atoms with Crippen LogP contribution in [-0.2, 0) is 26.2 Å². The molecule has 0 aliphatic carbocycles. The summed E-state index contributed by atoms with van der Waals surface area (Å²) in [4.78, 5) is 28.1. The maximum absolute atomic E-state index is 13.7. The average Bonchev–Trinajstić information content (AvgIpc) is 2.78. The maximum atomic E-state index is 13.7. The van der Waals surface area contributed by atoms with E-state index >= 15 is 0 Å². The molecule has 36 heavy (non-hydrogen) atoms. The second kappa shape index (κ2) is 13.2. The van der Waals surface area contributed by atoms with E-state index in [1.165, 1.54) is 29.2 Å².